The predicted octanol–water partition coefficient (Wildman–Crippen LogP) is 5.25. The molecule has 6 nitrogen and oxygen atoms in total. The van der Waals surface area contributed by atoms with Crippen molar-refractivity contribution < 1.29 is 36.9 Å². The lowest BCUT2D eigenvalue weighted by atomic mass is 9.35. The number of hydrogen-bond acceptors (Lipinski definition) is 6. The summed E-state index contributed by atoms with van der Waals surface area (Å²) < 4.78 is 67.1. The molecule has 210 valence electrons. The minimum Gasteiger partial charge on any atom is -0.493 e. The third-order valence-electron chi connectivity index (χ3n) is 10.7. The maximum absolute atomic E-state index is 12.5. The highest BCUT2D eigenvalue weighted by Crippen LogP contribution is 2.76. The van der Waals surface area contributed by atoms with Crippen LogP contribution in [0.15, 0.2) is 36.4 Å². The number of likely N-dealkylation sites (tertiary alicyclic amines) is 1. The zero-order valence-electron chi connectivity index (χ0n) is 22.5. The van der Waals surface area contributed by atoms with Crippen molar-refractivity contribution in [2.24, 2.45) is 11.3 Å². The Morgan fingerprint density at radius 1 is 1.05 bits per heavy atom. The molecule has 2 heterocycles. The number of halogens is 3. The van der Waals surface area contributed by atoms with Gasteiger partial charge in [0, 0.05) is 35.5 Å². The Morgan fingerprint density at radius 2 is 1.85 bits per heavy atom. The van der Waals surface area contributed by atoms with Crippen LogP contribution in [0.2, 0.25) is 0 Å². The van der Waals surface area contributed by atoms with E-state index >= 15 is 0 Å². The van der Waals surface area contributed by atoms with Crippen molar-refractivity contribution in [2.45, 2.75) is 68.2 Å². The number of likely N-dealkylation sites (N-methyl/N-ethyl adjacent to an activating group) is 1. The highest BCUT2D eigenvalue weighted by Gasteiger charge is 2.80. The number of methoxy groups -OCH3 is 2. The lowest BCUT2D eigenvalue weighted by Gasteiger charge is -2.73. The molecule has 4 aliphatic carbocycles. The van der Waals surface area contributed by atoms with Crippen LogP contribution in [-0.2, 0) is 27.9 Å². The summed E-state index contributed by atoms with van der Waals surface area (Å²) in [5.74, 6) is 1.58. The van der Waals surface area contributed by atoms with Gasteiger partial charge in [0.2, 0.25) is 0 Å². The fourth-order valence-corrected chi connectivity index (χ4v) is 9.28. The molecule has 3 saturated carbocycles. The standard InChI is InChI=1S/C30H34F3NO5/c1-34-13-12-28-24-19-6-9-22(35-2)25(24)38-26(28)29(36-3)11-10-27(28,23(34)14-19)15-20(29)17-37-16-18-4-7-21(8-5-18)39-30(31,32)33/h4-9,20,23,26H,10-17H2,1-3H3/t20-,23-,26-,27?,28?,29-/m1/s1. The topological polar surface area (TPSA) is 49.4 Å². The maximum atomic E-state index is 12.5. The van der Waals surface area contributed by atoms with Crippen molar-refractivity contribution in [1.82, 2.24) is 4.90 Å². The van der Waals surface area contributed by atoms with E-state index in [0.717, 1.165) is 55.7 Å². The van der Waals surface area contributed by atoms with Gasteiger partial charge in [-0.05, 0) is 75.0 Å². The van der Waals surface area contributed by atoms with Gasteiger partial charge in [-0.3, -0.25) is 0 Å². The molecular weight excluding hydrogens is 511 g/mol. The molecule has 39 heavy (non-hydrogen) atoms. The first-order valence-corrected chi connectivity index (χ1v) is 13.7. The zero-order chi connectivity index (χ0) is 27.2. The molecule has 2 aliphatic heterocycles. The Bertz CT molecular complexity index is 1280. The lowest BCUT2D eigenvalue weighted by molar-refractivity contribution is -0.282. The van der Waals surface area contributed by atoms with Crippen molar-refractivity contribution in [3.05, 3.63) is 53.1 Å². The van der Waals surface area contributed by atoms with Crippen LogP contribution < -0.4 is 14.2 Å². The van der Waals surface area contributed by atoms with Crippen LogP contribution in [0.4, 0.5) is 13.2 Å². The first kappa shape index (κ1) is 25.5. The molecule has 6 atom stereocenters. The molecule has 0 aromatic heterocycles. The van der Waals surface area contributed by atoms with E-state index < -0.39 is 12.0 Å². The number of nitrogens with zero attached hydrogens (tertiary/aromatic N) is 1. The molecule has 8 rings (SSSR count). The van der Waals surface area contributed by atoms with Gasteiger partial charge in [0.25, 0.3) is 0 Å². The van der Waals surface area contributed by atoms with E-state index in [0.29, 0.717) is 19.3 Å². The molecule has 6 aliphatic rings. The van der Waals surface area contributed by atoms with E-state index in [-0.39, 0.29) is 28.6 Å². The Morgan fingerprint density at radius 3 is 2.56 bits per heavy atom. The fraction of sp³-hybridized carbons (Fsp3) is 0.600. The summed E-state index contributed by atoms with van der Waals surface area (Å²) in [4.78, 5) is 2.56. The largest absolute Gasteiger partial charge is 0.573 e. The van der Waals surface area contributed by atoms with E-state index in [1.807, 2.05) is 6.07 Å². The predicted molar refractivity (Wildman–Crippen MR) is 136 cm³/mol. The fourth-order valence-electron chi connectivity index (χ4n) is 9.28. The van der Waals surface area contributed by atoms with Crippen LogP contribution in [-0.4, -0.2) is 63.4 Å². The number of rotatable bonds is 7. The SMILES string of the molecule is COc1ccc2c3c1O[C@@H]1C34CCN(C)[C@H](C2)C42CC[C@@]1(OC)[C@@H](COCc1ccc(OC(F)(F)F)cc1)C2. The first-order chi connectivity index (χ1) is 18.7. The highest BCUT2D eigenvalue weighted by atomic mass is 19.4. The highest BCUT2D eigenvalue weighted by molar-refractivity contribution is 5.63. The summed E-state index contributed by atoms with van der Waals surface area (Å²) in [5.41, 5.74) is 2.98. The molecule has 4 bridgehead atoms. The van der Waals surface area contributed by atoms with Gasteiger partial charge in [-0.15, -0.1) is 13.2 Å². The van der Waals surface area contributed by atoms with Crippen LogP contribution >= 0.6 is 0 Å². The van der Waals surface area contributed by atoms with Gasteiger partial charge in [0.15, 0.2) is 11.5 Å². The summed E-state index contributed by atoms with van der Waals surface area (Å²) in [6, 6.07) is 10.6. The molecule has 0 amide bonds. The van der Waals surface area contributed by atoms with Crippen molar-refractivity contribution in [3.63, 3.8) is 0 Å². The van der Waals surface area contributed by atoms with Gasteiger partial charge >= 0.3 is 6.36 Å². The second kappa shape index (κ2) is 8.51. The number of fused-ring (bicyclic) bond motifs is 2. The van der Waals surface area contributed by atoms with Gasteiger partial charge in [-0.1, -0.05) is 18.2 Å². The average molecular weight is 546 g/mol. The Balaban J connectivity index is 1.19. The second-order valence-corrected chi connectivity index (χ2v) is 12.0. The third kappa shape index (κ3) is 3.33. The molecule has 2 unspecified atom stereocenters. The molecule has 0 N–H and O–H groups in total. The van der Waals surface area contributed by atoms with Gasteiger partial charge in [-0.2, -0.15) is 0 Å². The number of piperidine rings is 1. The number of ether oxygens (including phenoxy) is 5. The van der Waals surface area contributed by atoms with E-state index in [1.165, 1.54) is 23.3 Å². The molecular formula is C30H34F3NO5. The zero-order valence-corrected chi connectivity index (χ0v) is 22.5. The van der Waals surface area contributed by atoms with Gasteiger partial charge in [0.1, 0.15) is 17.5 Å². The van der Waals surface area contributed by atoms with Crippen molar-refractivity contribution in [1.29, 1.82) is 0 Å². The summed E-state index contributed by atoms with van der Waals surface area (Å²) >= 11 is 0. The van der Waals surface area contributed by atoms with Crippen LogP contribution in [0.3, 0.4) is 0 Å². The molecule has 2 spiro atoms. The first-order valence-electron chi connectivity index (χ1n) is 13.7. The van der Waals surface area contributed by atoms with Crippen molar-refractivity contribution >= 4 is 0 Å². The van der Waals surface area contributed by atoms with Crippen molar-refractivity contribution in [3.8, 4) is 17.2 Å². The normalized spacial score (nSPS) is 35.9. The summed E-state index contributed by atoms with van der Waals surface area (Å²) in [6.07, 6.45) is 0.188. The monoisotopic (exact) mass is 545 g/mol. The third-order valence-corrected chi connectivity index (χ3v) is 10.7. The molecule has 4 fully saturated rings. The second-order valence-electron chi connectivity index (χ2n) is 12.0. The number of alkyl halides is 3. The average Bonchev–Trinajstić information content (AvgIpc) is 3.28. The lowest BCUT2D eigenvalue weighted by Crippen LogP contribution is -2.81. The number of hydrogen-bond donors (Lipinski definition) is 0. The minimum absolute atomic E-state index is 0.0557. The maximum Gasteiger partial charge on any atom is 0.573 e. The van der Waals surface area contributed by atoms with Crippen molar-refractivity contribution in [2.75, 3.05) is 34.4 Å². The Kier molecular flexibility index (Phi) is 5.56. The summed E-state index contributed by atoms with van der Waals surface area (Å²) in [7, 11) is 5.77. The van der Waals surface area contributed by atoms with Crippen LogP contribution in [0.5, 0.6) is 17.2 Å². The summed E-state index contributed by atoms with van der Waals surface area (Å²) in [6.45, 7) is 1.81. The minimum atomic E-state index is -4.71. The van der Waals surface area contributed by atoms with Gasteiger partial charge in [-0.25, -0.2) is 0 Å². The van der Waals surface area contributed by atoms with E-state index in [4.69, 9.17) is 18.9 Å². The summed E-state index contributed by atoms with van der Waals surface area (Å²) in [5, 5.41) is 0. The Labute approximate surface area is 226 Å². The van der Waals surface area contributed by atoms with Crippen LogP contribution in [0.1, 0.15) is 42.4 Å². The molecule has 2 aromatic rings. The van der Waals surface area contributed by atoms with E-state index in [2.05, 4.69) is 22.8 Å². The number of benzene rings is 2. The van der Waals surface area contributed by atoms with E-state index in [9.17, 15) is 13.2 Å². The van der Waals surface area contributed by atoms with E-state index in [1.54, 1.807) is 26.4 Å². The molecule has 2 aromatic carbocycles. The Hall–Kier alpha value is -2.49. The smallest absolute Gasteiger partial charge is 0.493 e. The molecule has 1 saturated heterocycles. The van der Waals surface area contributed by atoms with Gasteiger partial charge < -0.3 is 28.6 Å². The quantitative estimate of drug-likeness (QED) is 0.474. The van der Waals surface area contributed by atoms with Gasteiger partial charge in [0.05, 0.1) is 20.3 Å². The van der Waals surface area contributed by atoms with Crippen LogP contribution in [0.25, 0.3) is 0 Å². The molecule has 9 heteroatoms. The van der Waals surface area contributed by atoms with Crippen LogP contribution in [0, 0.1) is 11.3 Å². The molecule has 0 radical (unpaired) electrons.